The second kappa shape index (κ2) is 6.14. The van der Waals surface area contributed by atoms with Gasteiger partial charge >= 0.3 is 0 Å². The van der Waals surface area contributed by atoms with Crippen molar-refractivity contribution in [2.45, 2.75) is 32.9 Å². The lowest BCUT2D eigenvalue weighted by atomic mass is 10.0. The third-order valence-corrected chi connectivity index (χ3v) is 5.15. The quantitative estimate of drug-likeness (QED) is 0.682. The van der Waals surface area contributed by atoms with Gasteiger partial charge in [0.15, 0.2) is 0 Å². The monoisotopic (exact) mass is 329 g/mol. The fourth-order valence-corrected chi connectivity index (χ4v) is 3.54. The Kier molecular flexibility index (Phi) is 4.19. The summed E-state index contributed by atoms with van der Waals surface area (Å²) in [6.45, 7) is 6.03. The van der Waals surface area contributed by atoms with Crippen LogP contribution in [-0.2, 0) is 0 Å². The highest BCUT2D eigenvalue weighted by atomic mass is 32.1. The Labute approximate surface area is 138 Å². The van der Waals surface area contributed by atoms with Crippen LogP contribution in [-0.4, -0.2) is 26.2 Å². The Morgan fingerprint density at radius 1 is 1.13 bits per heavy atom. The first kappa shape index (κ1) is 15.7. The number of fused-ring (bicyclic) bond motifs is 1. The average Bonchev–Trinajstić information content (AvgIpc) is 2.83. The average molecular weight is 329 g/mol. The Morgan fingerprint density at radius 2 is 1.83 bits per heavy atom. The highest BCUT2D eigenvalue weighted by Gasteiger charge is 2.19. The predicted molar refractivity (Wildman–Crippen MR) is 93.0 cm³/mol. The van der Waals surface area contributed by atoms with Crippen molar-refractivity contribution in [2.75, 3.05) is 5.32 Å². The lowest BCUT2D eigenvalue weighted by Crippen LogP contribution is -2.24. The van der Waals surface area contributed by atoms with Gasteiger partial charge in [0.1, 0.15) is 22.7 Å². The van der Waals surface area contributed by atoms with Crippen molar-refractivity contribution in [2.24, 2.45) is 0 Å². The molecule has 5 nitrogen and oxygen atoms in total. The molecule has 2 heterocycles. The van der Waals surface area contributed by atoms with Crippen molar-refractivity contribution in [3.05, 3.63) is 46.6 Å². The molecule has 0 unspecified atom stereocenters. The summed E-state index contributed by atoms with van der Waals surface area (Å²) in [4.78, 5) is 10.8. The smallest absolute Gasteiger partial charge is 0.138 e. The van der Waals surface area contributed by atoms with Crippen LogP contribution in [0, 0.1) is 13.8 Å². The fourth-order valence-electron chi connectivity index (χ4n) is 2.55. The van der Waals surface area contributed by atoms with Crippen LogP contribution in [0.4, 0.5) is 5.82 Å². The summed E-state index contributed by atoms with van der Waals surface area (Å²) in [5.41, 5.74) is 1.91. The standard InChI is InChI=1S/C17H19N3O2S/c1-9-11(3)23-17-14(9)16(18-8-19-17)20-10(2)15(22)12-4-6-13(21)7-5-12/h4-8,10,15,21-22H,1-3H3,(H,18,19,20)/t10-,15-/m1/s1. The van der Waals surface area contributed by atoms with Gasteiger partial charge in [-0.3, -0.25) is 0 Å². The van der Waals surface area contributed by atoms with Crippen molar-refractivity contribution in [1.29, 1.82) is 0 Å². The van der Waals surface area contributed by atoms with E-state index >= 15 is 0 Å². The maximum atomic E-state index is 10.5. The van der Waals surface area contributed by atoms with E-state index < -0.39 is 6.10 Å². The van der Waals surface area contributed by atoms with E-state index in [4.69, 9.17) is 0 Å². The summed E-state index contributed by atoms with van der Waals surface area (Å²) in [5, 5.41) is 24.2. The minimum Gasteiger partial charge on any atom is -0.508 e. The van der Waals surface area contributed by atoms with Gasteiger partial charge in [-0.05, 0) is 44.0 Å². The second-order valence-corrected chi connectivity index (χ2v) is 6.86. The normalized spacial score (nSPS) is 13.9. The van der Waals surface area contributed by atoms with Gasteiger partial charge in [-0.15, -0.1) is 11.3 Å². The zero-order valence-electron chi connectivity index (χ0n) is 13.2. The van der Waals surface area contributed by atoms with Crippen LogP contribution >= 0.6 is 11.3 Å². The third kappa shape index (κ3) is 3.00. The molecule has 2 aromatic heterocycles. The van der Waals surface area contributed by atoms with Crippen molar-refractivity contribution >= 4 is 27.4 Å². The minimum absolute atomic E-state index is 0.184. The van der Waals surface area contributed by atoms with Crippen LogP contribution in [0.25, 0.3) is 10.2 Å². The van der Waals surface area contributed by atoms with E-state index in [2.05, 4.69) is 29.1 Å². The van der Waals surface area contributed by atoms with E-state index in [0.717, 1.165) is 21.6 Å². The summed E-state index contributed by atoms with van der Waals surface area (Å²) < 4.78 is 0. The van der Waals surface area contributed by atoms with Gasteiger partial charge in [-0.1, -0.05) is 12.1 Å². The van der Waals surface area contributed by atoms with Crippen molar-refractivity contribution in [1.82, 2.24) is 9.97 Å². The van der Waals surface area contributed by atoms with Crippen molar-refractivity contribution < 1.29 is 10.2 Å². The zero-order chi connectivity index (χ0) is 16.6. The second-order valence-electron chi connectivity index (χ2n) is 5.66. The number of aromatic nitrogens is 2. The summed E-state index contributed by atoms with van der Waals surface area (Å²) in [6, 6.07) is 6.33. The SMILES string of the molecule is Cc1sc2ncnc(N[C@H](C)[C@@H](O)c3ccc(O)cc3)c2c1C. The molecule has 1 aromatic carbocycles. The number of nitrogens with one attached hydrogen (secondary N) is 1. The number of phenolic OH excluding ortho intramolecular Hbond substituents is 1. The number of rotatable bonds is 4. The highest BCUT2D eigenvalue weighted by Crippen LogP contribution is 2.33. The zero-order valence-corrected chi connectivity index (χ0v) is 14.1. The van der Waals surface area contributed by atoms with E-state index in [1.165, 1.54) is 10.4 Å². The molecule has 3 aromatic rings. The van der Waals surface area contributed by atoms with Crippen molar-refractivity contribution in [3.8, 4) is 5.75 Å². The topological polar surface area (TPSA) is 78.3 Å². The number of hydrogen-bond acceptors (Lipinski definition) is 6. The number of anilines is 1. The maximum Gasteiger partial charge on any atom is 0.138 e. The minimum atomic E-state index is -0.708. The molecular formula is C17H19N3O2S. The number of phenols is 1. The Morgan fingerprint density at radius 3 is 2.52 bits per heavy atom. The lowest BCUT2D eigenvalue weighted by Gasteiger charge is -2.21. The van der Waals surface area contributed by atoms with Crippen LogP contribution in [0.3, 0.4) is 0 Å². The summed E-state index contributed by atoms with van der Waals surface area (Å²) in [6.07, 6.45) is 0.834. The van der Waals surface area contributed by atoms with Crippen LogP contribution < -0.4 is 5.32 Å². The first-order valence-corrected chi connectivity index (χ1v) is 8.23. The molecule has 120 valence electrons. The number of hydrogen-bond donors (Lipinski definition) is 3. The van der Waals surface area contributed by atoms with E-state index in [-0.39, 0.29) is 11.8 Å². The molecule has 0 spiro atoms. The van der Waals surface area contributed by atoms with Gasteiger partial charge in [0, 0.05) is 4.88 Å². The Hall–Kier alpha value is -2.18. The number of benzene rings is 1. The molecule has 0 saturated heterocycles. The number of aliphatic hydroxyl groups is 1. The summed E-state index contributed by atoms with van der Waals surface area (Å²) in [5.74, 6) is 0.922. The van der Waals surface area contributed by atoms with Crippen LogP contribution in [0.5, 0.6) is 5.75 Å². The van der Waals surface area contributed by atoms with Gasteiger partial charge in [-0.25, -0.2) is 9.97 Å². The van der Waals surface area contributed by atoms with Crippen LogP contribution in [0.2, 0.25) is 0 Å². The number of aliphatic hydroxyl groups excluding tert-OH is 1. The molecule has 2 atom stereocenters. The van der Waals surface area contributed by atoms with E-state index in [9.17, 15) is 10.2 Å². The first-order chi connectivity index (χ1) is 11.0. The maximum absolute atomic E-state index is 10.5. The Bertz CT molecular complexity index is 830. The lowest BCUT2D eigenvalue weighted by molar-refractivity contribution is 0.160. The summed E-state index contributed by atoms with van der Waals surface area (Å²) >= 11 is 1.64. The molecule has 23 heavy (non-hydrogen) atoms. The highest BCUT2D eigenvalue weighted by molar-refractivity contribution is 7.18. The molecular weight excluding hydrogens is 310 g/mol. The number of thiophene rings is 1. The van der Waals surface area contributed by atoms with Gasteiger partial charge in [0.05, 0.1) is 17.5 Å². The van der Waals surface area contributed by atoms with Gasteiger partial charge in [0.2, 0.25) is 0 Å². The van der Waals surface area contributed by atoms with E-state index in [1.54, 1.807) is 41.9 Å². The molecule has 0 aliphatic heterocycles. The molecule has 3 N–H and O–H groups in total. The fraction of sp³-hybridized carbons (Fsp3) is 0.294. The van der Waals surface area contributed by atoms with Gasteiger partial charge < -0.3 is 15.5 Å². The molecule has 0 bridgehead atoms. The van der Waals surface area contributed by atoms with E-state index in [0.29, 0.717) is 0 Å². The first-order valence-electron chi connectivity index (χ1n) is 7.41. The van der Waals surface area contributed by atoms with Gasteiger partial charge in [-0.2, -0.15) is 0 Å². The third-order valence-electron chi connectivity index (χ3n) is 4.04. The number of nitrogens with zero attached hydrogens (tertiary/aromatic N) is 2. The molecule has 0 aliphatic rings. The molecule has 0 amide bonds. The van der Waals surface area contributed by atoms with E-state index in [1.807, 2.05) is 6.92 Å². The van der Waals surface area contributed by atoms with Crippen LogP contribution in [0.15, 0.2) is 30.6 Å². The predicted octanol–water partition coefficient (Wildman–Crippen LogP) is 3.55. The molecule has 0 saturated carbocycles. The molecule has 6 heteroatoms. The molecule has 0 fully saturated rings. The summed E-state index contributed by atoms with van der Waals surface area (Å²) in [7, 11) is 0. The van der Waals surface area contributed by atoms with Gasteiger partial charge in [0.25, 0.3) is 0 Å². The number of aryl methyl sites for hydroxylation is 2. The Balaban J connectivity index is 1.88. The van der Waals surface area contributed by atoms with Crippen molar-refractivity contribution in [3.63, 3.8) is 0 Å². The largest absolute Gasteiger partial charge is 0.508 e. The number of aromatic hydroxyl groups is 1. The van der Waals surface area contributed by atoms with Crippen LogP contribution in [0.1, 0.15) is 29.0 Å². The molecule has 3 rings (SSSR count). The molecule has 0 aliphatic carbocycles. The molecule has 0 radical (unpaired) electrons.